The first-order valence-electron chi connectivity index (χ1n) is 4.46. The lowest BCUT2D eigenvalue weighted by molar-refractivity contribution is -0.127. The number of carbonyl (C=O) groups excluding carboxylic acids is 1. The summed E-state index contributed by atoms with van der Waals surface area (Å²) in [4.78, 5) is 13.7. The Labute approximate surface area is 72.3 Å². The number of hydrogen-bond acceptors (Lipinski definition) is 3. The lowest BCUT2D eigenvalue weighted by Gasteiger charge is -2.36. The molecule has 1 atom stereocenters. The molecule has 4 nitrogen and oxygen atoms in total. The molecule has 1 amide bonds. The normalized spacial score (nSPS) is 37.2. The van der Waals surface area contributed by atoms with E-state index in [4.69, 9.17) is 0 Å². The summed E-state index contributed by atoms with van der Waals surface area (Å²) in [5, 5.41) is 6.15. The van der Waals surface area contributed by atoms with Crippen molar-refractivity contribution in [2.75, 3.05) is 26.8 Å². The number of nitrogens with one attached hydrogen (secondary N) is 2. The molecule has 2 aliphatic heterocycles. The van der Waals surface area contributed by atoms with Crippen LogP contribution in [0.2, 0.25) is 0 Å². The van der Waals surface area contributed by atoms with Crippen LogP contribution in [0, 0.1) is 0 Å². The molecule has 2 heterocycles. The number of likely N-dealkylation sites (N-methyl/N-ethyl adjacent to an activating group) is 1. The lowest BCUT2D eigenvalue weighted by Crippen LogP contribution is -2.57. The van der Waals surface area contributed by atoms with E-state index in [2.05, 4.69) is 15.5 Å². The Morgan fingerprint density at radius 3 is 2.92 bits per heavy atom. The molecule has 0 radical (unpaired) electrons. The predicted octanol–water partition coefficient (Wildman–Crippen LogP) is -0.872. The molecular weight excluding hydrogens is 154 g/mol. The van der Waals surface area contributed by atoms with Crippen LogP contribution in [0.25, 0.3) is 0 Å². The summed E-state index contributed by atoms with van der Waals surface area (Å²) in [7, 11) is 2.00. The molecule has 4 heteroatoms. The van der Waals surface area contributed by atoms with Crippen LogP contribution in [0.5, 0.6) is 0 Å². The van der Waals surface area contributed by atoms with Crippen molar-refractivity contribution in [3.05, 3.63) is 0 Å². The van der Waals surface area contributed by atoms with Crippen molar-refractivity contribution in [1.29, 1.82) is 0 Å². The molecule has 68 valence electrons. The Bertz CT molecular complexity index is 198. The van der Waals surface area contributed by atoms with Crippen molar-refractivity contribution in [2.24, 2.45) is 0 Å². The van der Waals surface area contributed by atoms with E-state index in [0.717, 1.165) is 25.9 Å². The minimum absolute atomic E-state index is 0.192. The number of amides is 1. The molecular formula is C8H15N3O. The zero-order valence-corrected chi connectivity index (χ0v) is 7.39. The Hall–Kier alpha value is -0.610. The van der Waals surface area contributed by atoms with Gasteiger partial charge >= 0.3 is 0 Å². The summed E-state index contributed by atoms with van der Waals surface area (Å²) in [5.41, 5.74) is -0.238. The number of rotatable bonds is 0. The summed E-state index contributed by atoms with van der Waals surface area (Å²) >= 11 is 0. The van der Waals surface area contributed by atoms with Gasteiger partial charge in [-0.2, -0.15) is 0 Å². The Kier molecular flexibility index (Phi) is 1.81. The molecule has 2 fully saturated rings. The minimum atomic E-state index is -0.238. The van der Waals surface area contributed by atoms with Gasteiger partial charge in [-0.1, -0.05) is 0 Å². The summed E-state index contributed by atoms with van der Waals surface area (Å²) < 4.78 is 0. The van der Waals surface area contributed by atoms with Crippen LogP contribution in [-0.4, -0.2) is 43.2 Å². The van der Waals surface area contributed by atoms with Crippen molar-refractivity contribution in [3.63, 3.8) is 0 Å². The maximum absolute atomic E-state index is 11.6. The van der Waals surface area contributed by atoms with Gasteiger partial charge in [0.15, 0.2) is 0 Å². The molecule has 0 aliphatic carbocycles. The van der Waals surface area contributed by atoms with Gasteiger partial charge in [0.05, 0.1) is 6.67 Å². The van der Waals surface area contributed by atoms with Crippen LogP contribution in [0.1, 0.15) is 12.8 Å². The molecule has 2 rings (SSSR count). The van der Waals surface area contributed by atoms with Crippen LogP contribution in [-0.2, 0) is 4.79 Å². The highest BCUT2D eigenvalue weighted by Gasteiger charge is 2.47. The quantitative estimate of drug-likeness (QED) is 0.495. The molecule has 0 aromatic rings. The maximum Gasteiger partial charge on any atom is 0.242 e. The largest absolute Gasteiger partial charge is 0.342 e. The van der Waals surface area contributed by atoms with Crippen LogP contribution in [0.3, 0.4) is 0 Å². The third kappa shape index (κ3) is 0.949. The molecule has 1 spiro atoms. The molecule has 2 saturated heterocycles. The van der Waals surface area contributed by atoms with Gasteiger partial charge in [0.1, 0.15) is 5.54 Å². The highest BCUT2D eigenvalue weighted by Crippen LogP contribution is 2.25. The molecule has 2 N–H and O–H groups in total. The number of piperidine rings is 1. The molecule has 2 aliphatic rings. The fourth-order valence-corrected chi connectivity index (χ4v) is 2.09. The SMILES string of the molecule is CN1CNC(=O)C12CCCNC2. The smallest absolute Gasteiger partial charge is 0.242 e. The van der Waals surface area contributed by atoms with Gasteiger partial charge in [-0.3, -0.25) is 9.69 Å². The second kappa shape index (κ2) is 2.71. The molecule has 1 unspecified atom stereocenters. The van der Waals surface area contributed by atoms with Crippen LogP contribution < -0.4 is 10.6 Å². The second-order valence-corrected chi connectivity index (χ2v) is 3.67. The van der Waals surface area contributed by atoms with E-state index in [9.17, 15) is 4.79 Å². The number of nitrogens with zero attached hydrogens (tertiary/aromatic N) is 1. The third-order valence-electron chi connectivity index (χ3n) is 2.99. The Morgan fingerprint density at radius 2 is 2.42 bits per heavy atom. The van der Waals surface area contributed by atoms with E-state index in [0.29, 0.717) is 6.67 Å². The van der Waals surface area contributed by atoms with E-state index in [-0.39, 0.29) is 11.4 Å². The first kappa shape index (κ1) is 8.01. The van der Waals surface area contributed by atoms with Crippen molar-refractivity contribution in [1.82, 2.24) is 15.5 Å². The highest BCUT2D eigenvalue weighted by atomic mass is 16.2. The van der Waals surface area contributed by atoms with E-state index in [1.807, 2.05) is 7.05 Å². The zero-order chi connectivity index (χ0) is 8.60. The van der Waals surface area contributed by atoms with Gasteiger partial charge in [0.25, 0.3) is 0 Å². The van der Waals surface area contributed by atoms with Crippen molar-refractivity contribution < 1.29 is 4.79 Å². The average Bonchev–Trinajstić information content (AvgIpc) is 2.36. The number of carbonyl (C=O) groups is 1. The summed E-state index contributed by atoms with van der Waals surface area (Å²) in [6.07, 6.45) is 2.08. The standard InChI is InChI=1S/C8H15N3O/c1-11-6-10-7(12)8(11)3-2-4-9-5-8/h9H,2-6H2,1H3,(H,10,12). The monoisotopic (exact) mass is 169 g/mol. The van der Waals surface area contributed by atoms with E-state index in [1.165, 1.54) is 0 Å². The van der Waals surface area contributed by atoms with E-state index in [1.54, 1.807) is 0 Å². The summed E-state index contributed by atoms with van der Waals surface area (Å²) in [6.45, 7) is 2.54. The molecule has 0 bridgehead atoms. The van der Waals surface area contributed by atoms with Gasteiger partial charge in [-0.25, -0.2) is 0 Å². The van der Waals surface area contributed by atoms with Crippen molar-refractivity contribution in [3.8, 4) is 0 Å². The fourth-order valence-electron chi connectivity index (χ4n) is 2.09. The van der Waals surface area contributed by atoms with E-state index >= 15 is 0 Å². The average molecular weight is 169 g/mol. The van der Waals surface area contributed by atoms with Crippen LogP contribution >= 0.6 is 0 Å². The molecule has 0 saturated carbocycles. The van der Waals surface area contributed by atoms with Gasteiger partial charge in [0, 0.05) is 6.54 Å². The van der Waals surface area contributed by atoms with Gasteiger partial charge in [0.2, 0.25) is 5.91 Å². The Balaban J connectivity index is 2.20. The van der Waals surface area contributed by atoms with Crippen LogP contribution in [0.4, 0.5) is 0 Å². The predicted molar refractivity (Wildman–Crippen MR) is 45.6 cm³/mol. The van der Waals surface area contributed by atoms with Crippen molar-refractivity contribution >= 4 is 5.91 Å². The van der Waals surface area contributed by atoms with Gasteiger partial charge in [-0.05, 0) is 26.4 Å². The first-order valence-corrected chi connectivity index (χ1v) is 4.46. The lowest BCUT2D eigenvalue weighted by atomic mass is 9.89. The van der Waals surface area contributed by atoms with Gasteiger partial charge in [-0.15, -0.1) is 0 Å². The minimum Gasteiger partial charge on any atom is -0.342 e. The topological polar surface area (TPSA) is 44.4 Å². The molecule has 0 aromatic carbocycles. The highest BCUT2D eigenvalue weighted by molar-refractivity contribution is 5.88. The third-order valence-corrected chi connectivity index (χ3v) is 2.99. The van der Waals surface area contributed by atoms with Crippen molar-refractivity contribution in [2.45, 2.75) is 18.4 Å². The molecule has 0 aromatic heterocycles. The first-order chi connectivity index (χ1) is 5.76. The number of hydrogen-bond donors (Lipinski definition) is 2. The maximum atomic E-state index is 11.6. The second-order valence-electron chi connectivity index (χ2n) is 3.67. The van der Waals surface area contributed by atoms with E-state index < -0.39 is 0 Å². The molecule has 12 heavy (non-hydrogen) atoms. The summed E-state index contributed by atoms with van der Waals surface area (Å²) in [6, 6.07) is 0. The summed E-state index contributed by atoms with van der Waals surface area (Å²) in [5.74, 6) is 0.192. The Morgan fingerprint density at radius 1 is 1.58 bits per heavy atom. The zero-order valence-electron chi connectivity index (χ0n) is 7.39. The van der Waals surface area contributed by atoms with Gasteiger partial charge < -0.3 is 10.6 Å². The van der Waals surface area contributed by atoms with Crippen LogP contribution in [0.15, 0.2) is 0 Å². The fraction of sp³-hybridized carbons (Fsp3) is 0.875.